The summed E-state index contributed by atoms with van der Waals surface area (Å²) in [6, 6.07) is 45.0. The van der Waals surface area contributed by atoms with Crippen molar-refractivity contribution < 1.29 is 0 Å². The van der Waals surface area contributed by atoms with Crippen LogP contribution in [0.2, 0.25) is 5.02 Å². The zero-order valence-electron chi connectivity index (χ0n) is 19.5. The van der Waals surface area contributed by atoms with E-state index in [1.165, 1.54) is 43.8 Å². The lowest BCUT2D eigenvalue weighted by Crippen LogP contribution is -1.90. The minimum Gasteiger partial charge on any atom is -0.354 e. The summed E-state index contributed by atoms with van der Waals surface area (Å²) in [7, 11) is 0. The van der Waals surface area contributed by atoms with Crippen LogP contribution in [0, 0.1) is 0 Å². The summed E-state index contributed by atoms with van der Waals surface area (Å²) in [6.45, 7) is 0. The lowest BCUT2D eigenvalue weighted by molar-refractivity contribution is 1.53. The number of aromatic nitrogens is 1. The van der Waals surface area contributed by atoms with E-state index in [4.69, 9.17) is 11.6 Å². The Bertz CT molecular complexity index is 1910. The van der Waals surface area contributed by atoms with Crippen LogP contribution in [0.3, 0.4) is 0 Å². The Hall–Kier alpha value is -4.33. The molecule has 0 spiro atoms. The van der Waals surface area contributed by atoms with Crippen molar-refractivity contribution in [1.29, 1.82) is 0 Å². The minimum atomic E-state index is 0.733. The molecule has 0 saturated carbocycles. The van der Waals surface area contributed by atoms with E-state index in [0.29, 0.717) is 0 Å². The SMILES string of the molecule is Clc1ccc(-c2ccccc2-c2cccc3c2[nH]c2ccccc23)c(-c2ccc3ccccc3c2)c1. The predicted octanol–water partition coefficient (Wildman–Crippen LogP) is 10.1. The van der Waals surface area contributed by atoms with Crippen molar-refractivity contribution in [2.75, 3.05) is 0 Å². The summed E-state index contributed by atoms with van der Waals surface area (Å²) in [6.07, 6.45) is 0. The number of rotatable bonds is 3. The topological polar surface area (TPSA) is 15.8 Å². The fraction of sp³-hybridized carbons (Fsp3) is 0. The molecule has 0 bridgehead atoms. The second-order valence-corrected chi connectivity index (χ2v) is 9.63. The molecule has 0 atom stereocenters. The highest BCUT2D eigenvalue weighted by atomic mass is 35.5. The number of halogens is 1. The molecule has 0 aliphatic carbocycles. The molecule has 1 N–H and O–H groups in total. The van der Waals surface area contributed by atoms with Gasteiger partial charge in [0.2, 0.25) is 0 Å². The summed E-state index contributed by atoms with van der Waals surface area (Å²) >= 11 is 6.55. The first-order valence-corrected chi connectivity index (χ1v) is 12.5. The third kappa shape index (κ3) is 3.40. The summed E-state index contributed by atoms with van der Waals surface area (Å²) in [4.78, 5) is 3.68. The maximum atomic E-state index is 6.55. The molecule has 7 rings (SSSR count). The molecule has 0 aliphatic rings. The Morgan fingerprint density at radius 1 is 0.444 bits per heavy atom. The highest BCUT2D eigenvalue weighted by Crippen LogP contribution is 2.42. The summed E-state index contributed by atoms with van der Waals surface area (Å²) in [5.41, 5.74) is 9.34. The minimum absolute atomic E-state index is 0.733. The summed E-state index contributed by atoms with van der Waals surface area (Å²) in [5, 5.41) is 5.67. The summed E-state index contributed by atoms with van der Waals surface area (Å²) in [5.74, 6) is 0. The van der Waals surface area contributed by atoms with Crippen molar-refractivity contribution in [3.8, 4) is 33.4 Å². The zero-order chi connectivity index (χ0) is 24.1. The number of H-pyrrole nitrogens is 1. The van der Waals surface area contributed by atoms with Crippen LogP contribution >= 0.6 is 11.6 Å². The van der Waals surface area contributed by atoms with E-state index in [-0.39, 0.29) is 0 Å². The maximum absolute atomic E-state index is 6.55. The molecule has 1 aromatic heterocycles. The van der Waals surface area contributed by atoms with Crippen LogP contribution in [-0.4, -0.2) is 4.98 Å². The van der Waals surface area contributed by atoms with E-state index < -0.39 is 0 Å². The van der Waals surface area contributed by atoms with Gasteiger partial charge < -0.3 is 4.98 Å². The van der Waals surface area contributed by atoms with Gasteiger partial charge in [0.1, 0.15) is 0 Å². The van der Waals surface area contributed by atoms with Crippen molar-refractivity contribution in [2.45, 2.75) is 0 Å². The van der Waals surface area contributed by atoms with E-state index in [0.717, 1.165) is 27.2 Å². The van der Waals surface area contributed by atoms with Gasteiger partial charge >= 0.3 is 0 Å². The average molecular weight is 480 g/mol. The average Bonchev–Trinajstić information content (AvgIpc) is 3.32. The zero-order valence-corrected chi connectivity index (χ0v) is 20.3. The molecule has 0 radical (unpaired) electrons. The van der Waals surface area contributed by atoms with Gasteiger partial charge in [0.05, 0.1) is 5.52 Å². The van der Waals surface area contributed by atoms with Gasteiger partial charge in [-0.25, -0.2) is 0 Å². The predicted molar refractivity (Wildman–Crippen MR) is 155 cm³/mol. The molecule has 1 heterocycles. The smallest absolute Gasteiger partial charge is 0.0544 e. The molecule has 0 saturated heterocycles. The molecular weight excluding hydrogens is 458 g/mol. The van der Waals surface area contributed by atoms with Gasteiger partial charge in [-0.05, 0) is 62.9 Å². The van der Waals surface area contributed by atoms with Crippen molar-refractivity contribution in [3.05, 3.63) is 132 Å². The molecule has 0 fully saturated rings. The largest absolute Gasteiger partial charge is 0.354 e. The molecule has 1 nitrogen and oxygen atoms in total. The molecule has 0 unspecified atom stereocenters. The fourth-order valence-corrected chi connectivity index (χ4v) is 5.57. The number of aromatic amines is 1. The third-order valence-corrected chi connectivity index (χ3v) is 7.33. The van der Waals surface area contributed by atoms with Crippen molar-refractivity contribution in [3.63, 3.8) is 0 Å². The molecule has 2 heteroatoms. The highest BCUT2D eigenvalue weighted by Gasteiger charge is 2.16. The first kappa shape index (κ1) is 21.0. The molecule has 0 aliphatic heterocycles. The second kappa shape index (κ2) is 8.41. The normalized spacial score (nSPS) is 11.5. The lowest BCUT2D eigenvalue weighted by atomic mass is 9.88. The number of para-hydroxylation sites is 2. The Kier molecular flexibility index (Phi) is 4.90. The number of hydrogen-bond donors (Lipinski definition) is 1. The number of hydrogen-bond acceptors (Lipinski definition) is 0. The van der Waals surface area contributed by atoms with Gasteiger partial charge in [-0.2, -0.15) is 0 Å². The van der Waals surface area contributed by atoms with Gasteiger partial charge in [0, 0.05) is 26.9 Å². The van der Waals surface area contributed by atoms with Gasteiger partial charge in [-0.1, -0.05) is 115 Å². The third-order valence-electron chi connectivity index (χ3n) is 7.09. The van der Waals surface area contributed by atoms with Crippen molar-refractivity contribution >= 4 is 44.2 Å². The van der Waals surface area contributed by atoms with E-state index in [2.05, 4.69) is 126 Å². The van der Waals surface area contributed by atoms with E-state index >= 15 is 0 Å². The maximum Gasteiger partial charge on any atom is 0.0544 e. The molecule has 36 heavy (non-hydrogen) atoms. The highest BCUT2D eigenvalue weighted by molar-refractivity contribution is 6.31. The fourth-order valence-electron chi connectivity index (χ4n) is 5.40. The number of benzene rings is 6. The molecule has 6 aromatic carbocycles. The van der Waals surface area contributed by atoms with Crippen LogP contribution < -0.4 is 0 Å². The molecular formula is C34H22ClN. The van der Waals surface area contributed by atoms with Crippen LogP contribution in [0.4, 0.5) is 0 Å². The first-order chi connectivity index (χ1) is 17.8. The Morgan fingerprint density at radius 3 is 2.00 bits per heavy atom. The van der Waals surface area contributed by atoms with Crippen LogP contribution in [-0.2, 0) is 0 Å². The standard InChI is InChI=1S/C34H22ClN/c35-25-18-19-28(32(21-25)24-17-16-22-8-1-2-9-23(22)20-24)26-10-3-4-11-27(26)30-13-7-14-31-29-12-5-6-15-33(29)36-34(30)31/h1-21,36H. The Labute approximate surface area is 214 Å². The van der Waals surface area contributed by atoms with Gasteiger partial charge in [0.15, 0.2) is 0 Å². The van der Waals surface area contributed by atoms with Crippen LogP contribution in [0.5, 0.6) is 0 Å². The Balaban J connectivity index is 1.48. The van der Waals surface area contributed by atoms with Crippen molar-refractivity contribution in [2.24, 2.45) is 0 Å². The summed E-state index contributed by atoms with van der Waals surface area (Å²) < 4.78 is 0. The van der Waals surface area contributed by atoms with Crippen LogP contribution in [0.1, 0.15) is 0 Å². The number of fused-ring (bicyclic) bond motifs is 4. The molecule has 170 valence electrons. The second-order valence-electron chi connectivity index (χ2n) is 9.20. The first-order valence-electron chi connectivity index (χ1n) is 12.1. The number of nitrogens with one attached hydrogen (secondary N) is 1. The molecule has 0 amide bonds. The monoisotopic (exact) mass is 479 g/mol. The van der Waals surface area contributed by atoms with E-state index in [1.807, 2.05) is 6.07 Å². The van der Waals surface area contributed by atoms with Crippen molar-refractivity contribution in [1.82, 2.24) is 4.98 Å². The van der Waals surface area contributed by atoms with Crippen LogP contribution in [0.25, 0.3) is 66.0 Å². The lowest BCUT2D eigenvalue weighted by Gasteiger charge is -2.16. The van der Waals surface area contributed by atoms with Gasteiger partial charge in [-0.15, -0.1) is 0 Å². The quantitative estimate of drug-likeness (QED) is 0.259. The van der Waals surface area contributed by atoms with E-state index in [9.17, 15) is 0 Å². The molecule has 7 aromatic rings. The van der Waals surface area contributed by atoms with Gasteiger partial charge in [0.25, 0.3) is 0 Å². The Morgan fingerprint density at radius 2 is 1.11 bits per heavy atom. The van der Waals surface area contributed by atoms with Gasteiger partial charge in [-0.3, -0.25) is 0 Å². The van der Waals surface area contributed by atoms with Crippen LogP contribution in [0.15, 0.2) is 127 Å². The van der Waals surface area contributed by atoms with E-state index in [1.54, 1.807) is 0 Å².